The van der Waals surface area contributed by atoms with Gasteiger partial charge in [0, 0.05) is 18.3 Å². The summed E-state index contributed by atoms with van der Waals surface area (Å²) in [5, 5.41) is 9.64. The Morgan fingerprint density at radius 1 is 1.61 bits per heavy atom. The van der Waals surface area contributed by atoms with Crippen LogP contribution >= 0.6 is 0 Å². The lowest BCUT2D eigenvalue weighted by atomic mass is 9.94. The van der Waals surface area contributed by atoms with E-state index in [2.05, 4.69) is 34.4 Å². The van der Waals surface area contributed by atoms with Crippen LogP contribution in [0.25, 0.3) is 0 Å². The Bertz CT molecular complexity index is 422. The number of aromatic amines is 1. The zero-order valence-electron chi connectivity index (χ0n) is 11.2. The number of nitrogens with two attached hydrogens (primary N) is 1. The van der Waals surface area contributed by atoms with Crippen LogP contribution in [-0.2, 0) is 0 Å². The molecule has 2 unspecified atom stereocenters. The second kappa shape index (κ2) is 4.97. The van der Waals surface area contributed by atoms with Crippen LogP contribution in [-0.4, -0.2) is 47.2 Å². The molecule has 1 aromatic rings. The molecular formula is C12H21N5O. The largest absolute Gasteiger partial charge is 0.382 e. The molecule has 2 atom stereocenters. The van der Waals surface area contributed by atoms with E-state index < -0.39 is 0 Å². The average molecular weight is 251 g/mol. The Hall–Kier alpha value is -1.56. The van der Waals surface area contributed by atoms with Gasteiger partial charge in [0.25, 0.3) is 5.91 Å². The van der Waals surface area contributed by atoms with E-state index >= 15 is 0 Å². The second-order valence-corrected chi connectivity index (χ2v) is 5.22. The van der Waals surface area contributed by atoms with Crippen molar-refractivity contribution in [2.24, 2.45) is 5.92 Å². The summed E-state index contributed by atoms with van der Waals surface area (Å²) in [5.41, 5.74) is 6.88. The van der Waals surface area contributed by atoms with Gasteiger partial charge >= 0.3 is 0 Å². The maximum Gasteiger partial charge on any atom is 0.257 e. The first kappa shape index (κ1) is 12.9. The molecule has 1 aliphatic rings. The van der Waals surface area contributed by atoms with Gasteiger partial charge in [-0.15, -0.1) is 0 Å². The number of nitrogens with one attached hydrogen (secondary N) is 2. The highest BCUT2D eigenvalue weighted by molar-refractivity contribution is 5.99. The quantitative estimate of drug-likeness (QED) is 0.708. The third-order valence-corrected chi connectivity index (χ3v) is 3.63. The van der Waals surface area contributed by atoms with Gasteiger partial charge in [-0.3, -0.25) is 9.89 Å². The van der Waals surface area contributed by atoms with Crippen molar-refractivity contribution in [1.29, 1.82) is 0 Å². The number of amides is 1. The maximum atomic E-state index is 12.2. The van der Waals surface area contributed by atoms with Crippen molar-refractivity contribution in [3.8, 4) is 0 Å². The molecule has 6 nitrogen and oxygen atoms in total. The van der Waals surface area contributed by atoms with Crippen molar-refractivity contribution >= 4 is 11.7 Å². The van der Waals surface area contributed by atoms with Gasteiger partial charge in [-0.2, -0.15) is 5.10 Å². The third kappa shape index (κ3) is 2.48. The van der Waals surface area contributed by atoms with Crippen LogP contribution in [0.1, 0.15) is 29.4 Å². The van der Waals surface area contributed by atoms with Crippen LogP contribution in [0.2, 0.25) is 0 Å². The summed E-state index contributed by atoms with van der Waals surface area (Å²) >= 11 is 0. The van der Waals surface area contributed by atoms with E-state index in [-0.39, 0.29) is 17.8 Å². The Morgan fingerprint density at radius 2 is 2.33 bits per heavy atom. The lowest BCUT2D eigenvalue weighted by Crippen LogP contribution is -2.49. The Kier molecular flexibility index (Phi) is 3.56. The molecule has 0 spiro atoms. The fraction of sp³-hybridized carbons (Fsp3) is 0.667. The number of nitrogens with zero attached hydrogens (tertiary/aromatic N) is 2. The van der Waals surface area contributed by atoms with Crippen molar-refractivity contribution in [3.05, 3.63) is 11.3 Å². The van der Waals surface area contributed by atoms with Gasteiger partial charge < -0.3 is 16.0 Å². The molecule has 1 fully saturated rings. The molecule has 0 saturated carbocycles. The van der Waals surface area contributed by atoms with Crippen LogP contribution < -0.4 is 11.1 Å². The van der Waals surface area contributed by atoms with E-state index in [1.807, 2.05) is 0 Å². The molecular weight excluding hydrogens is 230 g/mol. The fourth-order valence-electron chi connectivity index (χ4n) is 2.54. The number of carbonyl (C=O) groups is 1. The highest BCUT2D eigenvalue weighted by atomic mass is 16.1. The molecule has 18 heavy (non-hydrogen) atoms. The second-order valence-electron chi connectivity index (χ2n) is 5.22. The molecule has 2 rings (SSSR count). The Balaban J connectivity index is 2.04. The first-order valence-electron chi connectivity index (χ1n) is 6.29. The SMILES string of the molecule is Cc1[nH]nc(N)c1C(=O)NC1CCN(C)CC1C. The first-order chi connectivity index (χ1) is 8.49. The zero-order valence-corrected chi connectivity index (χ0v) is 11.2. The minimum Gasteiger partial charge on any atom is -0.382 e. The van der Waals surface area contributed by atoms with E-state index in [1.165, 1.54) is 0 Å². The van der Waals surface area contributed by atoms with Gasteiger partial charge in [-0.05, 0) is 32.9 Å². The number of aryl methyl sites for hydroxylation is 1. The van der Waals surface area contributed by atoms with Crippen molar-refractivity contribution < 1.29 is 4.79 Å². The molecule has 6 heteroatoms. The number of rotatable bonds is 2. The highest BCUT2D eigenvalue weighted by Gasteiger charge is 2.27. The van der Waals surface area contributed by atoms with E-state index in [4.69, 9.17) is 5.73 Å². The summed E-state index contributed by atoms with van der Waals surface area (Å²) in [7, 11) is 2.10. The molecule has 1 saturated heterocycles. The van der Waals surface area contributed by atoms with Crippen molar-refractivity contribution in [2.75, 3.05) is 25.9 Å². The van der Waals surface area contributed by atoms with Crippen molar-refractivity contribution in [3.63, 3.8) is 0 Å². The molecule has 0 aliphatic carbocycles. The number of piperidine rings is 1. The summed E-state index contributed by atoms with van der Waals surface area (Å²) in [5.74, 6) is 0.590. The number of carbonyl (C=O) groups excluding carboxylic acids is 1. The molecule has 2 heterocycles. The topological polar surface area (TPSA) is 87.0 Å². The number of likely N-dealkylation sites (tertiary alicyclic amines) is 1. The summed E-state index contributed by atoms with van der Waals surface area (Å²) in [6.07, 6.45) is 0.972. The first-order valence-corrected chi connectivity index (χ1v) is 6.29. The van der Waals surface area contributed by atoms with Crippen LogP contribution in [0.5, 0.6) is 0 Å². The molecule has 1 aromatic heterocycles. The maximum absolute atomic E-state index is 12.2. The fourth-order valence-corrected chi connectivity index (χ4v) is 2.54. The lowest BCUT2D eigenvalue weighted by molar-refractivity contribution is 0.0884. The number of hydrogen-bond acceptors (Lipinski definition) is 4. The molecule has 1 amide bonds. The monoisotopic (exact) mass is 251 g/mol. The van der Waals surface area contributed by atoms with Gasteiger partial charge in [0.2, 0.25) is 0 Å². The van der Waals surface area contributed by atoms with Crippen molar-refractivity contribution in [1.82, 2.24) is 20.4 Å². The number of nitrogen functional groups attached to an aromatic ring is 1. The predicted octanol–water partition coefficient (Wildman–Crippen LogP) is 0.370. The molecule has 4 N–H and O–H groups in total. The molecule has 100 valence electrons. The summed E-state index contributed by atoms with van der Waals surface area (Å²) in [4.78, 5) is 14.5. The number of anilines is 1. The predicted molar refractivity (Wildman–Crippen MR) is 70.3 cm³/mol. The Labute approximate surface area is 107 Å². The van der Waals surface area contributed by atoms with E-state index in [0.717, 1.165) is 19.5 Å². The van der Waals surface area contributed by atoms with E-state index in [9.17, 15) is 4.79 Å². The third-order valence-electron chi connectivity index (χ3n) is 3.63. The van der Waals surface area contributed by atoms with Crippen molar-refractivity contribution in [2.45, 2.75) is 26.3 Å². The van der Waals surface area contributed by atoms with Gasteiger partial charge in [-0.1, -0.05) is 6.92 Å². The zero-order chi connectivity index (χ0) is 13.3. The van der Waals surface area contributed by atoms with Crippen LogP contribution in [0.15, 0.2) is 0 Å². The number of hydrogen-bond donors (Lipinski definition) is 3. The molecule has 0 aromatic carbocycles. The Morgan fingerprint density at radius 3 is 2.89 bits per heavy atom. The number of H-pyrrole nitrogens is 1. The summed E-state index contributed by atoms with van der Waals surface area (Å²) < 4.78 is 0. The standard InChI is InChI=1S/C12H21N5O/c1-7-6-17(3)5-4-9(7)14-12(18)10-8(2)15-16-11(10)13/h7,9H,4-6H2,1-3H3,(H,14,18)(H3,13,15,16). The number of aromatic nitrogens is 2. The lowest BCUT2D eigenvalue weighted by Gasteiger charge is -2.35. The minimum atomic E-state index is -0.125. The van der Waals surface area contributed by atoms with Crippen LogP contribution in [0.4, 0.5) is 5.82 Å². The van der Waals surface area contributed by atoms with Gasteiger partial charge in [0.15, 0.2) is 5.82 Å². The molecule has 0 bridgehead atoms. The van der Waals surface area contributed by atoms with Gasteiger partial charge in [-0.25, -0.2) is 0 Å². The summed E-state index contributed by atoms with van der Waals surface area (Å²) in [6, 6.07) is 0.211. The average Bonchev–Trinajstić information content (AvgIpc) is 2.62. The van der Waals surface area contributed by atoms with Gasteiger partial charge in [0.05, 0.1) is 0 Å². The summed E-state index contributed by atoms with van der Waals surface area (Å²) in [6.45, 7) is 5.97. The van der Waals surface area contributed by atoms with Crippen LogP contribution in [0.3, 0.4) is 0 Å². The normalized spacial score (nSPS) is 25.1. The molecule has 0 radical (unpaired) electrons. The van der Waals surface area contributed by atoms with Crippen LogP contribution in [0, 0.1) is 12.8 Å². The van der Waals surface area contributed by atoms with Gasteiger partial charge in [0.1, 0.15) is 5.56 Å². The van der Waals surface area contributed by atoms with E-state index in [1.54, 1.807) is 6.92 Å². The highest BCUT2D eigenvalue weighted by Crippen LogP contribution is 2.18. The molecule has 1 aliphatic heterocycles. The minimum absolute atomic E-state index is 0.125. The van der Waals surface area contributed by atoms with E-state index in [0.29, 0.717) is 17.2 Å². The smallest absolute Gasteiger partial charge is 0.257 e.